The van der Waals surface area contributed by atoms with Crippen molar-refractivity contribution in [3.05, 3.63) is 41.0 Å². The summed E-state index contributed by atoms with van der Waals surface area (Å²) in [7, 11) is 1.88. The average Bonchev–Trinajstić information content (AvgIpc) is 2.67. The van der Waals surface area contributed by atoms with E-state index in [-0.39, 0.29) is 5.82 Å². The van der Waals surface area contributed by atoms with E-state index in [2.05, 4.69) is 5.32 Å². The third-order valence-electron chi connectivity index (χ3n) is 3.11. The largest absolute Gasteiger partial charge is 0.662 e. The summed E-state index contributed by atoms with van der Waals surface area (Å²) >= 11 is 0. The second kappa shape index (κ2) is 4.09. The summed E-state index contributed by atoms with van der Waals surface area (Å²) in [6, 6.07) is 7.31. The molecule has 2 atom stereocenters. The highest BCUT2D eigenvalue weighted by molar-refractivity contribution is 5.25. The Kier molecular flexibility index (Phi) is 2.82. The maximum Gasteiger partial charge on any atom is 0.123 e. The number of halogens is 1. The third kappa shape index (κ3) is 1.80. The molecule has 1 saturated carbocycles. The number of rotatable bonds is 2. The first-order valence-electron chi connectivity index (χ1n) is 5.15. The predicted molar refractivity (Wildman–Crippen MR) is 56.1 cm³/mol. The van der Waals surface area contributed by atoms with Crippen molar-refractivity contribution in [1.29, 1.82) is 0 Å². The van der Waals surface area contributed by atoms with Gasteiger partial charge in [0, 0.05) is 0 Å². The molecule has 14 heavy (non-hydrogen) atoms. The summed E-state index contributed by atoms with van der Waals surface area (Å²) in [6.07, 6.45) is 3.61. The molecule has 0 radical (unpaired) electrons. The Balaban J connectivity index is 2.17. The van der Waals surface area contributed by atoms with Gasteiger partial charge in [0.25, 0.3) is 0 Å². The minimum absolute atomic E-state index is 0.156. The van der Waals surface area contributed by atoms with Crippen molar-refractivity contribution >= 4 is 0 Å². The minimum atomic E-state index is -0.156. The number of likely N-dealkylation sites (N-methyl/N-ethyl adjacent to an activating group) is 1. The number of benzene rings is 1. The van der Waals surface area contributed by atoms with E-state index in [1.165, 1.54) is 24.8 Å². The van der Waals surface area contributed by atoms with Crippen LogP contribution in [0.25, 0.3) is 5.32 Å². The van der Waals surface area contributed by atoms with E-state index in [1.54, 1.807) is 12.1 Å². The molecule has 1 fully saturated rings. The monoisotopic (exact) mass is 192 g/mol. The lowest BCUT2D eigenvalue weighted by Crippen LogP contribution is -2.10. The van der Waals surface area contributed by atoms with Crippen LogP contribution in [0.2, 0.25) is 0 Å². The van der Waals surface area contributed by atoms with Crippen molar-refractivity contribution in [1.82, 2.24) is 0 Å². The van der Waals surface area contributed by atoms with Crippen LogP contribution in [0.1, 0.15) is 30.7 Å². The maximum absolute atomic E-state index is 12.7. The van der Waals surface area contributed by atoms with Crippen LogP contribution in [0.3, 0.4) is 0 Å². The summed E-state index contributed by atoms with van der Waals surface area (Å²) in [4.78, 5) is 0. The van der Waals surface area contributed by atoms with Gasteiger partial charge in [0.1, 0.15) is 5.82 Å². The van der Waals surface area contributed by atoms with E-state index in [4.69, 9.17) is 0 Å². The Morgan fingerprint density at radius 1 is 1.21 bits per heavy atom. The molecule has 1 aromatic carbocycles. The van der Waals surface area contributed by atoms with Crippen LogP contribution < -0.4 is 0 Å². The molecule has 1 aromatic rings. The SMILES string of the molecule is C[N-][C@@H]1CCC[C@@H]1c1ccc(F)cc1. The number of hydrogen-bond acceptors (Lipinski definition) is 0. The zero-order valence-corrected chi connectivity index (χ0v) is 8.41. The van der Waals surface area contributed by atoms with Gasteiger partial charge in [-0.25, -0.2) is 4.39 Å². The van der Waals surface area contributed by atoms with Gasteiger partial charge in [0.05, 0.1) is 0 Å². The smallest absolute Gasteiger partial charge is 0.123 e. The van der Waals surface area contributed by atoms with Gasteiger partial charge < -0.3 is 5.32 Å². The van der Waals surface area contributed by atoms with Gasteiger partial charge in [-0.1, -0.05) is 25.0 Å². The first kappa shape index (κ1) is 9.66. The molecule has 0 N–H and O–H groups in total. The van der Waals surface area contributed by atoms with Crippen molar-refractivity contribution < 1.29 is 4.39 Å². The zero-order chi connectivity index (χ0) is 9.97. The van der Waals surface area contributed by atoms with Crippen LogP contribution in [0.15, 0.2) is 24.3 Å². The van der Waals surface area contributed by atoms with Gasteiger partial charge in [-0.05, 0) is 30.0 Å². The molecule has 2 rings (SSSR count). The van der Waals surface area contributed by atoms with E-state index in [9.17, 15) is 4.39 Å². The van der Waals surface area contributed by atoms with E-state index < -0.39 is 0 Å². The highest BCUT2D eigenvalue weighted by Crippen LogP contribution is 2.37. The molecule has 0 heterocycles. The fourth-order valence-corrected chi connectivity index (χ4v) is 2.35. The Bertz CT molecular complexity index is 294. The van der Waals surface area contributed by atoms with Gasteiger partial charge >= 0.3 is 0 Å². The van der Waals surface area contributed by atoms with Gasteiger partial charge in [-0.2, -0.15) is 7.05 Å². The quantitative estimate of drug-likeness (QED) is 0.681. The molecule has 1 nitrogen and oxygen atoms in total. The molecule has 0 spiro atoms. The summed E-state index contributed by atoms with van der Waals surface area (Å²) in [5.41, 5.74) is 1.24. The fraction of sp³-hybridized carbons (Fsp3) is 0.500. The Labute approximate surface area is 84.3 Å². The average molecular weight is 192 g/mol. The van der Waals surface area contributed by atoms with Crippen LogP contribution >= 0.6 is 0 Å². The van der Waals surface area contributed by atoms with E-state index in [0.717, 1.165) is 0 Å². The molecule has 1 aliphatic carbocycles. The normalized spacial score (nSPS) is 26.7. The van der Waals surface area contributed by atoms with Crippen molar-refractivity contribution in [2.45, 2.75) is 31.2 Å². The second-order valence-electron chi connectivity index (χ2n) is 3.91. The lowest BCUT2D eigenvalue weighted by Gasteiger charge is -2.30. The van der Waals surface area contributed by atoms with Crippen LogP contribution in [0, 0.1) is 5.82 Å². The van der Waals surface area contributed by atoms with Crippen LogP contribution in [-0.2, 0) is 0 Å². The summed E-state index contributed by atoms with van der Waals surface area (Å²) in [6.45, 7) is 0. The van der Waals surface area contributed by atoms with E-state index in [0.29, 0.717) is 12.0 Å². The minimum Gasteiger partial charge on any atom is -0.662 e. The Hall–Kier alpha value is -0.890. The number of nitrogens with zero attached hydrogens (tertiary/aromatic N) is 1. The number of hydrogen-bond donors (Lipinski definition) is 0. The van der Waals surface area contributed by atoms with E-state index in [1.807, 2.05) is 19.2 Å². The Morgan fingerprint density at radius 2 is 1.93 bits per heavy atom. The molecule has 0 saturated heterocycles. The molecule has 0 amide bonds. The van der Waals surface area contributed by atoms with Crippen molar-refractivity contribution in [3.63, 3.8) is 0 Å². The van der Waals surface area contributed by atoms with Crippen LogP contribution in [0.4, 0.5) is 4.39 Å². The topological polar surface area (TPSA) is 14.1 Å². The molecule has 0 unspecified atom stereocenters. The Morgan fingerprint density at radius 3 is 2.57 bits per heavy atom. The molecular weight excluding hydrogens is 177 g/mol. The predicted octanol–water partition coefficient (Wildman–Crippen LogP) is 3.47. The highest BCUT2D eigenvalue weighted by atomic mass is 19.1. The zero-order valence-electron chi connectivity index (χ0n) is 8.41. The molecule has 1 aliphatic rings. The van der Waals surface area contributed by atoms with Gasteiger partial charge in [-0.15, -0.1) is 6.04 Å². The van der Waals surface area contributed by atoms with Crippen molar-refractivity contribution in [2.75, 3.05) is 7.05 Å². The van der Waals surface area contributed by atoms with Crippen LogP contribution in [-0.4, -0.2) is 13.1 Å². The molecule has 0 aliphatic heterocycles. The summed E-state index contributed by atoms with van der Waals surface area (Å²) in [5.74, 6) is 0.359. The van der Waals surface area contributed by atoms with E-state index >= 15 is 0 Å². The van der Waals surface area contributed by atoms with Crippen molar-refractivity contribution in [2.24, 2.45) is 0 Å². The first-order valence-corrected chi connectivity index (χ1v) is 5.15. The highest BCUT2D eigenvalue weighted by Gasteiger charge is 2.21. The van der Waals surface area contributed by atoms with Crippen LogP contribution in [0.5, 0.6) is 0 Å². The second-order valence-corrected chi connectivity index (χ2v) is 3.91. The van der Waals surface area contributed by atoms with Gasteiger partial charge in [-0.3, -0.25) is 0 Å². The summed E-state index contributed by atoms with van der Waals surface area (Å²) in [5, 5.41) is 4.37. The fourth-order valence-electron chi connectivity index (χ4n) is 2.35. The molecule has 76 valence electrons. The van der Waals surface area contributed by atoms with Crippen molar-refractivity contribution in [3.8, 4) is 0 Å². The third-order valence-corrected chi connectivity index (χ3v) is 3.11. The molecule has 2 heteroatoms. The molecular formula is C12H15FN-. The summed E-state index contributed by atoms with van der Waals surface area (Å²) < 4.78 is 12.7. The maximum atomic E-state index is 12.7. The molecule has 0 aromatic heterocycles. The molecule has 0 bridgehead atoms. The lowest BCUT2D eigenvalue weighted by molar-refractivity contribution is 0.621. The van der Waals surface area contributed by atoms with Gasteiger partial charge in [0.15, 0.2) is 0 Å². The first-order chi connectivity index (χ1) is 6.81. The lowest BCUT2D eigenvalue weighted by atomic mass is 9.94. The standard InChI is InChI=1S/C12H15FN/c1-14-12-4-2-3-11(12)9-5-7-10(13)8-6-9/h5-8,11-12H,2-4H2,1H3/q-1/t11-,12-/m1/s1. The van der Waals surface area contributed by atoms with Gasteiger partial charge in [0.2, 0.25) is 0 Å².